The van der Waals surface area contributed by atoms with E-state index in [1.54, 1.807) is 0 Å². The lowest BCUT2D eigenvalue weighted by molar-refractivity contribution is 0.474. The third-order valence-corrected chi connectivity index (χ3v) is 3.59. The van der Waals surface area contributed by atoms with Crippen LogP contribution in [0.25, 0.3) is 0 Å². The van der Waals surface area contributed by atoms with E-state index in [0.717, 1.165) is 30.2 Å². The van der Waals surface area contributed by atoms with E-state index in [4.69, 9.17) is 16.3 Å². The zero-order valence-electron chi connectivity index (χ0n) is 10.7. The van der Waals surface area contributed by atoms with Gasteiger partial charge in [0.1, 0.15) is 11.5 Å². The fourth-order valence-electron chi connectivity index (χ4n) is 2.48. The molecule has 0 unspecified atom stereocenters. The van der Waals surface area contributed by atoms with Crippen LogP contribution in [0.5, 0.6) is 11.5 Å². The van der Waals surface area contributed by atoms with Crippen molar-refractivity contribution >= 4 is 11.6 Å². The monoisotopic (exact) mass is 274 g/mol. The van der Waals surface area contributed by atoms with Gasteiger partial charge in [-0.25, -0.2) is 0 Å². The molecule has 2 heterocycles. The van der Waals surface area contributed by atoms with E-state index < -0.39 is 0 Å². The predicted molar refractivity (Wildman–Crippen MR) is 76.1 cm³/mol. The second-order valence-corrected chi connectivity index (χ2v) is 5.14. The fraction of sp³-hybridized carbons (Fsp3) is 0.267. The average Bonchev–Trinajstić information content (AvgIpc) is 2.56. The Morgan fingerprint density at radius 2 is 2.26 bits per heavy atom. The normalized spacial score (nSPS) is 17.1. The number of ether oxygens (including phenoxy) is 1. The molecule has 19 heavy (non-hydrogen) atoms. The van der Waals surface area contributed by atoms with Gasteiger partial charge in [0.05, 0.1) is 5.69 Å². The van der Waals surface area contributed by atoms with Gasteiger partial charge in [-0.1, -0.05) is 17.7 Å². The molecular formula is C15H15ClN2O. The van der Waals surface area contributed by atoms with Crippen LogP contribution in [-0.4, -0.2) is 18.6 Å². The maximum Gasteiger partial charge on any atom is 0.149 e. The van der Waals surface area contributed by atoms with Crippen molar-refractivity contribution in [1.82, 2.24) is 10.3 Å². The van der Waals surface area contributed by atoms with Gasteiger partial charge in [-0.3, -0.25) is 4.98 Å². The Hall–Kier alpha value is -1.58. The minimum absolute atomic E-state index is 0.309. The second kappa shape index (κ2) is 5.19. The first kappa shape index (κ1) is 12.5. The summed E-state index contributed by atoms with van der Waals surface area (Å²) in [6.07, 6.45) is 2.71. The lowest BCUT2D eigenvalue weighted by Gasteiger charge is -2.14. The Balaban J connectivity index is 2.09. The summed E-state index contributed by atoms with van der Waals surface area (Å²) in [5.41, 5.74) is 2.17. The van der Waals surface area contributed by atoms with Gasteiger partial charge in [0, 0.05) is 23.7 Å². The summed E-state index contributed by atoms with van der Waals surface area (Å²) in [5.74, 6) is 1.97. The lowest BCUT2D eigenvalue weighted by Crippen LogP contribution is -2.19. The fourth-order valence-corrected chi connectivity index (χ4v) is 2.65. The van der Waals surface area contributed by atoms with Gasteiger partial charge in [-0.2, -0.15) is 0 Å². The third-order valence-electron chi connectivity index (χ3n) is 3.35. The molecule has 1 aliphatic heterocycles. The van der Waals surface area contributed by atoms with Crippen LogP contribution in [0, 0.1) is 0 Å². The molecule has 1 atom stereocenters. The number of rotatable bonds is 2. The van der Waals surface area contributed by atoms with E-state index in [1.807, 2.05) is 43.6 Å². The van der Waals surface area contributed by atoms with E-state index in [9.17, 15) is 0 Å². The molecule has 3 nitrogen and oxygen atoms in total. The molecule has 1 N–H and O–H groups in total. The first-order valence-corrected chi connectivity index (χ1v) is 6.71. The first-order chi connectivity index (χ1) is 9.28. The number of nitrogens with zero attached hydrogens (tertiary/aromatic N) is 1. The van der Waals surface area contributed by atoms with Crippen molar-refractivity contribution in [2.45, 2.75) is 12.3 Å². The smallest absolute Gasteiger partial charge is 0.149 e. The molecule has 3 rings (SSSR count). The van der Waals surface area contributed by atoms with Gasteiger partial charge in [-0.15, -0.1) is 0 Å². The number of likely N-dealkylation sites (N-methyl/N-ethyl adjacent to an activating group) is 1. The summed E-state index contributed by atoms with van der Waals surface area (Å²) in [5, 5.41) is 3.92. The van der Waals surface area contributed by atoms with Gasteiger partial charge in [-0.05, 0) is 43.3 Å². The molecule has 0 saturated heterocycles. The minimum Gasteiger partial charge on any atom is -0.455 e. The van der Waals surface area contributed by atoms with Crippen molar-refractivity contribution in [3.8, 4) is 11.5 Å². The van der Waals surface area contributed by atoms with Crippen LogP contribution in [0.15, 0.2) is 36.5 Å². The average molecular weight is 275 g/mol. The van der Waals surface area contributed by atoms with Crippen LogP contribution in [0.1, 0.15) is 17.2 Å². The number of pyridine rings is 1. The summed E-state index contributed by atoms with van der Waals surface area (Å²) < 4.78 is 5.99. The third kappa shape index (κ3) is 2.44. The SMILES string of the molecule is CNC[C@H]1Cc2ccc(Cl)cc2Oc2cccnc21. The second-order valence-electron chi connectivity index (χ2n) is 4.70. The van der Waals surface area contributed by atoms with Gasteiger partial charge in [0.25, 0.3) is 0 Å². The molecule has 0 amide bonds. The molecule has 0 radical (unpaired) electrons. The number of hydrogen-bond donors (Lipinski definition) is 1. The molecule has 0 fully saturated rings. The Bertz CT molecular complexity index is 600. The van der Waals surface area contributed by atoms with Crippen LogP contribution in [-0.2, 0) is 6.42 Å². The quantitative estimate of drug-likeness (QED) is 0.911. The van der Waals surface area contributed by atoms with Crippen molar-refractivity contribution in [3.63, 3.8) is 0 Å². The highest BCUT2D eigenvalue weighted by atomic mass is 35.5. The molecule has 98 valence electrons. The summed E-state index contributed by atoms with van der Waals surface area (Å²) in [6, 6.07) is 9.66. The highest BCUT2D eigenvalue weighted by Crippen LogP contribution is 2.38. The highest BCUT2D eigenvalue weighted by Gasteiger charge is 2.24. The maximum atomic E-state index is 6.05. The Kier molecular flexibility index (Phi) is 3.40. The minimum atomic E-state index is 0.309. The zero-order valence-corrected chi connectivity index (χ0v) is 11.4. The van der Waals surface area contributed by atoms with E-state index >= 15 is 0 Å². The van der Waals surface area contributed by atoms with Crippen molar-refractivity contribution < 1.29 is 4.74 Å². The Labute approximate surface area is 117 Å². The van der Waals surface area contributed by atoms with E-state index in [-0.39, 0.29) is 0 Å². The number of hydrogen-bond acceptors (Lipinski definition) is 3. The van der Waals surface area contributed by atoms with Crippen molar-refractivity contribution in [3.05, 3.63) is 52.8 Å². The number of nitrogens with one attached hydrogen (secondary N) is 1. The number of halogens is 1. The summed E-state index contributed by atoms with van der Waals surface area (Å²) >= 11 is 6.05. The van der Waals surface area contributed by atoms with Crippen LogP contribution in [0.3, 0.4) is 0 Å². The topological polar surface area (TPSA) is 34.1 Å². The van der Waals surface area contributed by atoms with Gasteiger partial charge < -0.3 is 10.1 Å². The van der Waals surface area contributed by atoms with Crippen molar-refractivity contribution in [2.24, 2.45) is 0 Å². The molecule has 0 saturated carbocycles. The Morgan fingerprint density at radius 3 is 3.11 bits per heavy atom. The first-order valence-electron chi connectivity index (χ1n) is 6.33. The van der Waals surface area contributed by atoms with Gasteiger partial charge in [0.15, 0.2) is 0 Å². The van der Waals surface area contributed by atoms with Crippen LogP contribution < -0.4 is 10.1 Å². The Morgan fingerprint density at radius 1 is 1.37 bits per heavy atom. The number of benzene rings is 1. The maximum absolute atomic E-state index is 6.05. The molecule has 0 aliphatic carbocycles. The van der Waals surface area contributed by atoms with E-state index in [2.05, 4.69) is 10.3 Å². The standard InChI is InChI=1S/C15H15ClN2O/c1-17-9-11-7-10-4-5-12(16)8-14(10)19-13-3-2-6-18-15(11)13/h2-6,8,11,17H,7,9H2,1H3/t11-/m1/s1. The molecule has 0 bridgehead atoms. The van der Waals surface area contributed by atoms with Gasteiger partial charge in [0.2, 0.25) is 0 Å². The molecule has 1 aliphatic rings. The molecule has 4 heteroatoms. The summed E-state index contributed by atoms with van der Waals surface area (Å²) in [6.45, 7) is 0.870. The van der Waals surface area contributed by atoms with Crippen molar-refractivity contribution in [1.29, 1.82) is 0 Å². The van der Waals surface area contributed by atoms with Crippen LogP contribution >= 0.6 is 11.6 Å². The predicted octanol–water partition coefficient (Wildman–Crippen LogP) is 3.39. The molecule has 1 aromatic heterocycles. The lowest BCUT2D eigenvalue weighted by atomic mass is 9.95. The van der Waals surface area contributed by atoms with E-state index in [0.29, 0.717) is 10.9 Å². The molecular weight excluding hydrogens is 260 g/mol. The van der Waals surface area contributed by atoms with E-state index in [1.165, 1.54) is 5.56 Å². The molecule has 1 aromatic carbocycles. The molecule has 0 spiro atoms. The largest absolute Gasteiger partial charge is 0.455 e. The summed E-state index contributed by atoms with van der Waals surface area (Å²) in [4.78, 5) is 4.49. The highest BCUT2D eigenvalue weighted by molar-refractivity contribution is 6.30. The van der Waals surface area contributed by atoms with Crippen molar-refractivity contribution in [2.75, 3.05) is 13.6 Å². The van der Waals surface area contributed by atoms with Gasteiger partial charge >= 0.3 is 0 Å². The zero-order chi connectivity index (χ0) is 13.2. The summed E-state index contributed by atoms with van der Waals surface area (Å²) in [7, 11) is 1.96. The number of aromatic nitrogens is 1. The van der Waals surface area contributed by atoms with Crippen LogP contribution in [0.4, 0.5) is 0 Å². The van der Waals surface area contributed by atoms with Crippen LogP contribution in [0.2, 0.25) is 5.02 Å². The number of fused-ring (bicyclic) bond motifs is 2. The molecule has 2 aromatic rings.